The molecule has 0 N–H and O–H groups in total. The summed E-state index contributed by atoms with van der Waals surface area (Å²) in [6.07, 6.45) is 4.98. The maximum Gasteiger partial charge on any atom is 0.306 e. The highest BCUT2D eigenvalue weighted by atomic mass is 32.2. The second kappa shape index (κ2) is 5.51. The number of carbonyl (C=O) groups excluding carboxylic acids is 2. The minimum atomic E-state index is -0.130. The van der Waals surface area contributed by atoms with E-state index < -0.39 is 0 Å². The Balaban J connectivity index is 1.65. The van der Waals surface area contributed by atoms with Crippen LogP contribution in [0.2, 0.25) is 0 Å². The lowest BCUT2D eigenvalue weighted by molar-refractivity contribution is -0.141. The van der Waals surface area contributed by atoms with Gasteiger partial charge in [-0.1, -0.05) is 0 Å². The predicted molar refractivity (Wildman–Crippen MR) is 71.4 cm³/mol. The Morgan fingerprint density at radius 2 is 2.06 bits per heavy atom. The van der Waals surface area contributed by atoms with Gasteiger partial charge in [0, 0.05) is 13.1 Å². The van der Waals surface area contributed by atoms with Crippen LogP contribution in [0.4, 0.5) is 0 Å². The molecule has 18 heavy (non-hydrogen) atoms. The van der Waals surface area contributed by atoms with Crippen molar-refractivity contribution in [2.45, 2.75) is 38.1 Å². The fourth-order valence-corrected chi connectivity index (χ4v) is 3.35. The highest BCUT2D eigenvalue weighted by Gasteiger charge is 2.44. The van der Waals surface area contributed by atoms with E-state index in [0.717, 1.165) is 31.4 Å². The Bertz CT molecular complexity index is 337. The number of carbonyl (C=O) groups is 2. The third-order valence-electron chi connectivity index (χ3n) is 3.83. The van der Waals surface area contributed by atoms with Crippen LogP contribution in [-0.4, -0.2) is 48.5 Å². The first-order valence-corrected chi connectivity index (χ1v) is 7.62. The van der Waals surface area contributed by atoms with Gasteiger partial charge < -0.3 is 9.64 Å². The van der Waals surface area contributed by atoms with E-state index >= 15 is 0 Å². The van der Waals surface area contributed by atoms with Crippen molar-refractivity contribution in [1.29, 1.82) is 0 Å². The molecule has 0 unspecified atom stereocenters. The van der Waals surface area contributed by atoms with Gasteiger partial charge in [-0.05, 0) is 36.9 Å². The van der Waals surface area contributed by atoms with E-state index in [-0.39, 0.29) is 17.3 Å². The summed E-state index contributed by atoms with van der Waals surface area (Å²) in [5.41, 5.74) is 0.121. The van der Waals surface area contributed by atoms with Crippen LogP contribution in [0, 0.1) is 5.41 Å². The molecule has 0 spiro atoms. The molecule has 0 aliphatic heterocycles. The maximum atomic E-state index is 11.8. The lowest BCUT2D eigenvalue weighted by Gasteiger charge is -2.17. The summed E-state index contributed by atoms with van der Waals surface area (Å²) < 4.78 is 4.71. The largest absolute Gasteiger partial charge is 0.469 e. The third-order valence-corrected chi connectivity index (χ3v) is 5.09. The molecule has 0 heterocycles. The molecule has 0 aromatic rings. The number of methoxy groups -OCH3 is 1. The zero-order valence-electron chi connectivity index (χ0n) is 11.1. The van der Waals surface area contributed by atoms with Gasteiger partial charge in [0.15, 0.2) is 0 Å². The van der Waals surface area contributed by atoms with E-state index in [1.165, 1.54) is 7.11 Å². The minimum absolute atomic E-state index is 0.121. The summed E-state index contributed by atoms with van der Waals surface area (Å²) in [5, 5.41) is 0. The van der Waals surface area contributed by atoms with Gasteiger partial charge in [-0.2, -0.15) is 11.8 Å². The van der Waals surface area contributed by atoms with E-state index in [1.807, 2.05) is 11.9 Å². The smallest absolute Gasteiger partial charge is 0.306 e. The fraction of sp³-hybridized carbons (Fsp3) is 0.846. The van der Waals surface area contributed by atoms with Crippen LogP contribution < -0.4 is 0 Å². The van der Waals surface area contributed by atoms with Crippen LogP contribution in [-0.2, 0) is 14.3 Å². The van der Waals surface area contributed by atoms with Crippen LogP contribution in [0.5, 0.6) is 0 Å². The molecule has 0 atom stereocenters. The highest BCUT2D eigenvalue weighted by Crippen LogP contribution is 2.51. The van der Waals surface area contributed by atoms with Crippen LogP contribution in [0.25, 0.3) is 0 Å². The van der Waals surface area contributed by atoms with Crippen molar-refractivity contribution < 1.29 is 14.3 Å². The van der Waals surface area contributed by atoms with Crippen molar-refractivity contribution in [3.63, 3.8) is 0 Å². The first-order valence-electron chi connectivity index (χ1n) is 6.46. The van der Waals surface area contributed by atoms with E-state index in [4.69, 9.17) is 4.74 Å². The molecule has 2 aliphatic carbocycles. The molecular weight excluding hydrogens is 250 g/mol. The number of esters is 1. The molecule has 1 amide bonds. The van der Waals surface area contributed by atoms with E-state index in [0.29, 0.717) is 18.2 Å². The summed E-state index contributed by atoms with van der Waals surface area (Å²) in [6.45, 7) is 0. The Labute approximate surface area is 112 Å². The van der Waals surface area contributed by atoms with Crippen molar-refractivity contribution in [1.82, 2.24) is 4.90 Å². The molecule has 4 nitrogen and oxygen atoms in total. The summed E-state index contributed by atoms with van der Waals surface area (Å²) >= 11 is 1.66. The van der Waals surface area contributed by atoms with Crippen molar-refractivity contribution >= 4 is 23.6 Å². The molecule has 0 aromatic carbocycles. The summed E-state index contributed by atoms with van der Waals surface area (Å²) in [5.74, 6) is 1.52. The topological polar surface area (TPSA) is 46.6 Å². The number of hydrogen-bond donors (Lipinski definition) is 0. The number of nitrogens with zero attached hydrogens (tertiary/aromatic N) is 1. The van der Waals surface area contributed by atoms with Gasteiger partial charge in [0.25, 0.3) is 0 Å². The Morgan fingerprint density at radius 1 is 1.39 bits per heavy atom. The SMILES string of the molecule is COC(=O)CC1(CSCC(=O)N(C)C2CC2)CC1. The van der Waals surface area contributed by atoms with Gasteiger partial charge in [-0.15, -0.1) is 0 Å². The van der Waals surface area contributed by atoms with E-state index in [2.05, 4.69) is 0 Å². The average molecular weight is 271 g/mol. The maximum absolute atomic E-state index is 11.8. The Kier molecular flexibility index (Phi) is 4.20. The van der Waals surface area contributed by atoms with Crippen molar-refractivity contribution in [2.24, 2.45) is 5.41 Å². The minimum Gasteiger partial charge on any atom is -0.469 e. The van der Waals surface area contributed by atoms with Gasteiger partial charge in [0.1, 0.15) is 0 Å². The van der Waals surface area contributed by atoms with E-state index in [1.54, 1.807) is 11.8 Å². The Hall–Kier alpha value is -0.710. The molecular formula is C13H21NO3S. The third kappa shape index (κ3) is 3.64. The van der Waals surface area contributed by atoms with Crippen molar-refractivity contribution in [3.8, 4) is 0 Å². The van der Waals surface area contributed by atoms with E-state index in [9.17, 15) is 9.59 Å². The van der Waals surface area contributed by atoms with Crippen molar-refractivity contribution in [3.05, 3.63) is 0 Å². The Morgan fingerprint density at radius 3 is 2.56 bits per heavy atom. The highest BCUT2D eigenvalue weighted by molar-refractivity contribution is 7.99. The molecule has 0 saturated heterocycles. The molecule has 102 valence electrons. The lowest BCUT2D eigenvalue weighted by Crippen LogP contribution is -2.30. The normalized spacial score (nSPS) is 20.3. The fourth-order valence-electron chi connectivity index (χ4n) is 2.05. The number of thioether (sulfide) groups is 1. The van der Waals surface area contributed by atoms with Gasteiger partial charge in [-0.3, -0.25) is 9.59 Å². The number of amides is 1. The standard InChI is InChI=1S/C13H21NO3S/c1-14(10-3-4-10)11(15)8-18-9-13(5-6-13)7-12(16)17-2/h10H,3-9H2,1-2H3. The zero-order valence-corrected chi connectivity index (χ0v) is 11.9. The molecule has 0 bridgehead atoms. The average Bonchev–Trinajstić information content (AvgIpc) is 3.23. The first kappa shape index (κ1) is 13.7. The second-order valence-electron chi connectivity index (χ2n) is 5.48. The molecule has 2 rings (SSSR count). The van der Waals surface area contributed by atoms with Crippen LogP contribution in [0.1, 0.15) is 32.1 Å². The molecule has 5 heteroatoms. The quantitative estimate of drug-likeness (QED) is 0.661. The van der Waals surface area contributed by atoms with Crippen LogP contribution >= 0.6 is 11.8 Å². The molecule has 2 aliphatic rings. The van der Waals surface area contributed by atoms with Crippen LogP contribution in [0.15, 0.2) is 0 Å². The van der Waals surface area contributed by atoms with Gasteiger partial charge in [0.05, 0.1) is 19.3 Å². The van der Waals surface area contributed by atoms with Gasteiger partial charge >= 0.3 is 5.97 Å². The second-order valence-corrected chi connectivity index (χ2v) is 6.47. The predicted octanol–water partition coefficient (Wildman–Crippen LogP) is 1.68. The summed E-state index contributed by atoms with van der Waals surface area (Å²) in [6, 6.07) is 0.489. The zero-order chi connectivity index (χ0) is 13.2. The van der Waals surface area contributed by atoms with Crippen LogP contribution in [0.3, 0.4) is 0 Å². The molecule has 2 saturated carbocycles. The number of rotatable bonds is 7. The number of hydrogen-bond acceptors (Lipinski definition) is 4. The summed E-state index contributed by atoms with van der Waals surface area (Å²) in [7, 11) is 3.32. The molecule has 2 fully saturated rings. The molecule has 0 aromatic heterocycles. The summed E-state index contributed by atoms with van der Waals surface area (Å²) in [4.78, 5) is 25.0. The lowest BCUT2D eigenvalue weighted by atomic mass is 10.1. The monoisotopic (exact) mass is 271 g/mol. The van der Waals surface area contributed by atoms with Gasteiger partial charge in [-0.25, -0.2) is 0 Å². The molecule has 0 radical (unpaired) electrons. The van der Waals surface area contributed by atoms with Gasteiger partial charge in [0.2, 0.25) is 5.91 Å². The van der Waals surface area contributed by atoms with Crippen molar-refractivity contribution in [2.75, 3.05) is 25.7 Å². The first-order chi connectivity index (χ1) is 8.56. The number of ether oxygens (including phenoxy) is 1.